The summed E-state index contributed by atoms with van der Waals surface area (Å²) in [4.78, 5) is 12.8. The van der Waals surface area contributed by atoms with E-state index in [-0.39, 0.29) is 16.9 Å². The van der Waals surface area contributed by atoms with Crippen molar-refractivity contribution in [2.24, 2.45) is 0 Å². The topological polar surface area (TPSA) is 75.7 Å². The van der Waals surface area contributed by atoms with Gasteiger partial charge < -0.3 is 10.1 Å². The van der Waals surface area contributed by atoms with Gasteiger partial charge >= 0.3 is 0 Å². The first-order valence-corrected chi connectivity index (χ1v) is 10.9. The second-order valence-electron chi connectivity index (χ2n) is 6.46. The molecule has 3 rings (SSSR count). The first-order chi connectivity index (χ1) is 12.0. The van der Waals surface area contributed by atoms with Crippen LogP contribution in [-0.2, 0) is 19.6 Å². The molecule has 8 heteroatoms. The van der Waals surface area contributed by atoms with E-state index < -0.39 is 16.1 Å². The Hall–Kier alpha value is -0.960. The summed E-state index contributed by atoms with van der Waals surface area (Å²) in [6, 6.07) is 5.88. The van der Waals surface area contributed by atoms with Crippen LogP contribution in [0.3, 0.4) is 0 Å². The number of carbonyl (C=O) groups is 1. The number of ether oxygens (including phenoxy) is 1. The van der Waals surface area contributed by atoms with Crippen molar-refractivity contribution in [1.82, 2.24) is 9.62 Å². The molecule has 2 fully saturated rings. The first kappa shape index (κ1) is 18.8. The van der Waals surface area contributed by atoms with Crippen LogP contribution in [0.2, 0.25) is 0 Å². The number of halogens is 1. The van der Waals surface area contributed by atoms with E-state index in [1.807, 2.05) is 0 Å². The summed E-state index contributed by atoms with van der Waals surface area (Å²) in [6.07, 6.45) is 4.16. The summed E-state index contributed by atoms with van der Waals surface area (Å²) in [5.41, 5.74) is 0. The van der Waals surface area contributed by atoms with Gasteiger partial charge in [0.1, 0.15) is 6.04 Å². The van der Waals surface area contributed by atoms with E-state index in [9.17, 15) is 13.2 Å². The van der Waals surface area contributed by atoms with Gasteiger partial charge in [-0.25, -0.2) is 8.42 Å². The summed E-state index contributed by atoms with van der Waals surface area (Å²) in [5.74, 6) is -0.226. The number of piperidine rings is 1. The van der Waals surface area contributed by atoms with E-state index >= 15 is 0 Å². The second kappa shape index (κ2) is 8.16. The molecular formula is C17H23BrN2O4S. The number of amides is 1. The van der Waals surface area contributed by atoms with Gasteiger partial charge in [-0.3, -0.25) is 4.79 Å². The molecule has 0 spiro atoms. The Kier molecular flexibility index (Phi) is 6.14. The third-order valence-electron chi connectivity index (χ3n) is 4.70. The lowest BCUT2D eigenvalue weighted by Gasteiger charge is -2.33. The maximum atomic E-state index is 13.0. The van der Waals surface area contributed by atoms with Crippen molar-refractivity contribution >= 4 is 31.9 Å². The van der Waals surface area contributed by atoms with E-state index in [4.69, 9.17) is 4.74 Å². The third kappa shape index (κ3) is 4.42. The standard InChI is InChI=1S/C17H23BrN2O4S/c18-13-6-8-15(9-7-13)25(22,23)20-10-2-1-5-16(20)17(21)19-12-14-4-3-11-24-14/h6-9,14,16H,1-5,10-12H2,(H,19,21)/t14-,16+/m0/s1. The molecule has 2 atom stereocenters. The van der Waals surface area contributed by atoms with Crippen molar-refractivity contribution in [2.75, 3.05) is 19.7 Å². The number of hydrogen-bond donors (Lipinski definition) is 1. The summed E-state index contributed by atoms with van der Waals surface area (Å²) >= 11 is 3.31. The molecule has 138 valence electrons. The van der Waals surface area contributed by atoms with Gasteiger partial charge in [0, 0.05) is 24.2 Å². The number of carbonyl (C=O) groups excluding carboxylic acids is 1. The molecule has 2 aliphatic rings. The lowest BCUT2D eigenvalue weighted by atomic mass is 10.0. The van der Waals surface area contributed by atoms with Gasteiger partial charge in [-0.05, 0) is 49.9 Å². The van der Waals surface area contributed by atoms with Gasteiger partial charge in [-0.1, -0.05) is 22.4 Å². The average molecular weight is 431 g/mol. The molecule has 2 heterocycles. The minimum Gasteiger partial charge on any atom is -0.376 e. The largest absolute Gasteiger partial charge is 0.376 e. The van der Waals surface area contributed by atoms with Gasteiger partial charge in [0.2, 0.25) is 15.9 Å². The van der Waals surface area contributed by atoms with Gasteiger partial charge in [0.25, 0.3) is 0 Å². The van der Waals surface area contributed by atoms with Crippen LogP contribution in [0.25, 0.3) is 0 Å². The molecule has 1 aromatic rings. The highest BCUT2D eigenvalue weighted by molar-refractivity contribution is 9.10. The number of hydrogen-bond acceptors (Lipinski definition) is 4. The fourth-order valence-electron chi connectivity index (χ4n) is 3.33. The molecule has 0 aliphatic carbocycles. The number of rotatable bonds is 5. The van der Waals surface area contributed by atoms with Gasteiger partial charge in [0.15, 0.2) is 0 Å². The molecule has 0 aromatic heterocycles. The maximum absolute atomic E-state index is 13.0. The van der Waals surface area contributed by atoms with E-state index in [0.29, 0.717) is 19.5 Å². The minimum absolute atomic E-state index is 0.0454. The first-order valence-electron chi connectivity index (χ1n) is 8.65. The highest BCUT2D eigenvalue weighted by Crippen LogP contribution is 2.26. The summed E-state index contributed by atoms with van der Waals surface area (Å²) in [7, 11) is -3.69. The highest BCUT2D eigenvalue weighted by Gasteiger charge is 2.37. The summed E-state index contributed by atoms with van der Waals surface area (Å²) in [5, 5.41) is 2.88. The van der Waals surface area contributed by atoms with Crippen LogP contribution < -0.4 is 5.32 Å². The molecule has 2 saturated heterocycles. The van der Waals surface area contributed by atoms with Crippen molar-refractivity contribution in [2.45, 2.75) is 49.1 Å². The predicted octanol–water partition coefficient (Wildman–Crippen LogP) is 2.29. The minimum atomic E-state index is -3.69. The molecule has 0 unspecified atom stereocenters. The van der Waals surface area contributed by atoms with Crippen LogP contribution in [0.5, 0.6) is 0 Å². The van der Waals surface area contributed by atoms with Crippen molar-refractivity contribution in [1.29, 1.82) is 0 Å². The molecule has 0 saturated carbocycles. The lowest BCUT2D eigenvalue weighted by Crippen LogP contribution is -2.52. The quantitative estimate of drug-likeness (QED) is 0.777. The van der Waals surface area contributed by atoms with Crippen molar-refractivity contribution in [3.05, 3.63) is 28.7 Å². The van der Waals surface area contributed by atoms with Crippen molar-refractivity contribution < 1.29 is 17.9 Å². The summed E-state index contributed by atoms with van der Waals surface area (Å²) in [6.45, 7) is 1.55. The highest BCUT2D eigenvalue weighted by atomic mass is 79.9. The zero-order valence-electron chi connectivity index (χ0n) is 14.0. The Morgan fingerprint density at radius 2 is 1.96 bits per heavy atom. The third-order valence-corrected chi connectivity index (χ3v) is 7.16. The van der Waals surface area contributed by atoms with Crippen molar-refractivity contribution in [3.63, 3.8) is 0 Å². The number of benzene rings is 1. The van der Waals surface area contributed by atoms with Crippen LogP contribution in [0.15, 0.2) is 33.6 Å². The Labute approximate surface area is 157 Å². The van der Waals surface area contributed by atoms with Crippen LogP contribution >= 0.6 is 15.9 Å². The molecule has 25 heavy (non-hydrogen) atoms. The Balaban J connectivity index is 1.73. The van der Waals surface area contributed by atoms with Gasteiger partial charge in [-0.15, -0.1) is 0 Å². The van der Waals surface area contributed by atoms with Crippen LogP contribution in [-0.4, -0.2) is 50.5 Å². The van der Waals surface area contributed by atoms with E-state index in [0.717, 1.165) is 36.8 Å². The zero-order valence-corrected chi connectivity index (χ0v) is 16.4. The van der Waals surface area contributed by atoms with E-state index in [1.54, 1.807) is 24.3 Å². The van der Waals surface area contributed by atoms with Gasteiger partial charge in [-0.2, -0.15) is 4.31 Å². The zero-order chi connectivity index (χ0) is 17.9. The van der Waals surface area contributed by atoms with Gasteiger partial charge in [0.05, 0.1) is 11.0 Å². The fraction of sp³-hybridized carbons (Fsp3) is 0.588. The smallest absolute Gasteiger partial charge is 0.243 e. The number of sulfonamides is 1. The number of nitrogens with zero attached hydrogens (tertiary/aromatic N) is 1. The van der Waals surface area contributed by atoms with E-state index in [2.05, 4.69) is 21.2 Å². The van der Waals surface area contributed by atoms with Crippen molar-refractivity contribution in [3.8, 4) is 0 Å². The predicted molar refractivity (Wildman–Crippen MR) is 97.7 cm³/mol. The SMILES string of the molecule is O=C(NC[C@@H]1CCCO1)[C@H]1CCCCN1S(=O)(=O)c1ccc(Br)cc1. The maximum Gasteiger partial charge on any atom is 0.243 e. The average Bonchev–Trinajstić information content (AvgIpc) is 3.13. The molecule has 1 amide bonds. The Bertz CT molecular complexity index is 702. The number of nitrogens with one attached hydrogen (secondary N) is 1. The molecule has 0 radical (unpaired) electrons. The fourth-order valence-corrected chi connectivity index (χ4v) is 5.26. The van der Waals surface area contributed by atoms with Crippen LogP contribution in [0, 0.1) is 0 Å². The lowest BCUT2D eigenvalue weighted by molar-refractivity contribution is -0.126. The molecule has 6 nitrogen and oxygen atoms in total. The molecule has 1 aromatic carbocycles. The second-order valence-corrected chi connectivity index (χ2v) is 9.27. The van der Waals surface area contributed by atoms with E-state index in [1.165, 1.54) is 4.31 Å². The molecule has 2 aliphatic heterocycles. The van der Waals surface area contributed by atoms with Crippen LogP contribution in [0.4, 0.5) is 0 Å². The summed E-state index contributed by atoms with van der Waals surface area (Å²) < 4.78 is 33.6. The Morgan fingerprint density at radius 1 is 1.20 bits per heavy atom. The molecule has 1 N–H and O–H groups in total. The normalized spacial score (nSPS) is 25.0. The monoisotopic (exact) mass is 430 g/mol. The Morgan fingerprint density at radius 3 is 2.64 bits per heavy atom. The van der Waals surface area contributed by atoms with Crippen LogP contribution in [0.1, 0.15) is 32.1 Å². The molecular weight excluding hydrogens is 408 g/mol. The molecule has 0 bridgehead atoms.